The van der Waals surface area contributed by atoms with Gasteiger partial charge in [0.05, 0.1) is 18.0 Å². The number of benzene rings is 2. The smallest absolute Gasteiger partial charge is 0.210 e. The van der Waals surface area contributed by atoms with Crippen molar-refractivity contribution in [3.05, 3.63) is 67.6 Å². The van der Waals surface area contributed by atoms with Crippen LogP contribution in [0.2, 0.25) is 0 Å². The van der Waals surface area contributed by atoms with Crippen LogP contribution in [0.3, 0.4) is 0 Å². The third-order valence-electron chi connectivity index (χ3n) is 6.20. The average Bonchev–Trinajstić information content (AvgIpc) is 3.42. The number of likely N-dealkylation sites (tertiary alicyclic amines) is 1. The number of hydrogen-bond acceptors (Lipinski definition) is 6. The van der Waals surface area contributed by atoms with Crippen molar-refractivity contribution in [2.24, 2.45) is 5.92 Å². The van der Waals surface area contributed by atoms with E-state index in [1.54, 1.807) is 33.8 Å². The van der Waals surface area contributed by atoms with Crippen molar-refractivity contribution >= 4 is 23.3 Å². The first-order valence-electron chi connectivity index (χ1n) is 11.1. The first-order chi connectivity index (χ1) is 16.6. The molecule has 1 aliphatic rings. The molecule has 5 rings (SSSR count). The topological polar surface area (TPSA) is 99.2 Å². The molecule has 1 amide bonds. The predicted octanol–water partition coefficient (Wildman–Crippen LogP) is 4.08. The number of aromatic nitrogens is 4. The highest BCUT2D eigenvalue weighted by Gasteiger charge is 2.31. The van der Waals surface area contributed by atoms with Crippen molar-refractivity contribution in [1.82, 2.24) is 24.6 Å². The molecule has 2 atom stereocenters. The molecule has 2 aromatic heterocycles. The number of nitrogens with two attached hydrogens (primary N) is 1. The summed E-state index contributed by atoms with van der Waals surface area (Å²) >= 11 is 0. The summed E-state index contributed by atoms with van der Waals surface area (Å²) in [6.45, 7) is 5.05. The maximum Gasteiger partial charge on any atom is 0.210 e. The molecule has 2 aromatic carbocycles. The Hall–Kier alpha value is -4.01. The van der Waals surface area contributed by atoms with Crippen molar-refractivity contribution < 1.29 is 13.9 Å². The molecule has 0 spiro atoms. The number of fused-ring (bicyclic) bond motifs is 1. The van der Waals surface area contributed by atoms with Gasteiger partial charge < -0.3 is 15.4 Å². The lowest BCUT2D eigenvalue weighted by molar-refractivity contribution is -0.119. The van der Waals surface area contributed by atoms with Gasteiger partial charge in [-0.25, -0.2) is 19.0 Å². The zero-order valence-corrected chi connectivity index (χ0v) is 18.5. The van der Waals surface area contributed by atoms with Gasteiger partial charge in [0.1, 0.15) is 35.2 Å². The van der Waals surface area contributed by atoms with Crippen molar-refractivity contribution in [2.45, 2.75) is 25.4 Å². The quantitative estimate of drug-likeness (QED) is 0.418. The maximum atomic E-state index is 15.3. The molecule has 0 saturated carbocycles. The van der Waals surface area contributed by atoms with Crippen LogP contribution in [-0.4, -0.2) is 43.6 Å². The molecule has 0 aliphatic carbocycles. The van der Waals surface area contributed by atoms with Crippen molar-refractivity contribution in [3.63, 3.8) is 0 Å². The molecular weight excluding hydrogens is 435 g/mol. The minimum absolute atomic E-state index is 0.0529. The van der Waals surface area contributed by atoms with E-state index in [-0.39, 0.29) is 17.4 Å². The number of ether oxygens (including phenoxy) is 1. The number of hydrogen-bond donors (Lipinski definition) is 1. The number of nitrogens with zero attached hydrogens (tertiary/aromatic N) is 5. The van der Waals surface area contributed by atoms with E-state index in [4.69, 9.17) is 10.5 Å². The summed E-state index contributed by atoms with van der Waals surface area (Å²) in [6, 6.07) is 13.7. The molecule has 1 unspecified atom stereocenters. The third-order valence-corrected chi connectivity index (χ3v) is 6.20. The number of rotatable bonds is 7. The van der Waals surface area contributed by atoms with E-state index in [9.17, 15) is 4.79 Å². The molecule has 3 heterocycles. The molecule has 9 heteroatoms. The number of halogens is 1. The number of para-hydroxylation sites is 1. The Morgan fingerprint density at radius 3 is 2.74 bits per heavy atom. The third kappa shape index (κ3) is 4.05. The van der Waals surface area contributed by atoms with Crippen LogP contribution in [0, 0.1) is 18.7 Å². The maximum absolute atomic E-state index is 15.3. The fraction of sp³-hybridized carbons (Fsp3) is 0.240. The van der Waals surface area contributed by atoms with Crippen LogP contribution >= 0.6 is 0 Å². The van der Waals surface area contributed by atoms with Crippen LogP contribution in [0.1, 0.15) is 12.8 Å². The summed E-state index contributed by atoms with van der Waals surface area (Å²) in [7, 11) is 0. The van der Waals surface area contributed by atoms with E-state index >= 15 is 4.39 Å². The highest BCUT2D eigenvalue weighted by Crippen LogP contribution is 2.35. The number of carbonyl (C=O) groups is 1. The Labute approximate surface area is 196 Å². The minimum Gasteiger partial charge on any atom is -0.457 e. The van der Waals surface area contributed by atoms with Crippen LogP contribution in [-0.2, 0) is 11.3 Å². The number of nitrogen functional groups attached to an aromatic ring is 1. The van der Waals surface area contributed by atoms with Gasteiger partial charge in [0, 0.05) is 18.2 Å². The molecule has 1 radical (unpaired) electrons. The summed E-state index contributed by atoms with van der Waals surface area (Å²) in [6.07, 6.45) is 3.79. The van der Waals surface area contributed by atoms with Crippen molar-refractivity contribution in [3.8, 4) is 22.8 Å². The van der Waals surface area contributed by atoms with Gasteiger partial charge in [0.2, 0.25) is 6.41 Å². The zero-order valence-electron chi connectivity index (χ0n) is 18.5. The second kappa shape index (κ2) is 9.09. The number of carbonyl (C=O) groups excluding carboxylic acids is 1. The normalized spacial score (nSPS) is 17.9. The van der Waals surface area contributed by atoms with Crippen molar-refractivity contribution in [2.75, 3.05) is 12.3 Å². The van der Waals surface area contributed by atoms with E-state index in [0.29, 0.717) is 47.2 Å². The molecule has 4 aromatic rings. The lowest BCUT2D eigenvalue weighted by atomic mass is 10.0. The lowest BCUT2D eigenvalue weighted by Crippen LogP contribution is -2.32. The van der Waals surface area contributed by atoms with Gasteiger partial charge in [-0.3, -0.25) is 4.79 Å². The summed E-state index contributed by atoms with van der Waals surface area (Å²) < 4.78 is 22.7. The highest BCUT2D eigenvalue weighted by atomic mass is 19.1. The molecule has 173 valence electrons. The molecule has 1 saturated heterocycles. The summed E-state index contributed by atoms with van der Waals surface area (Å²) in [5.74, 6) is 1.03. The Balaban J connectivity index is 1.51. The lowest BCUT2D eigenvalue weighted by Gasteiger charge is -2.19. The summed E-state index contributed by atoms with van der Waals surface area (Å²) in [4.78, 5) is 21.8. The number of anilines is 1. The van der Waals surface area contributed by atoms with Crippen molar-refractivity contribution in [1.29, 1.82) is 0 Å². The van der Waals surface area contributed by atoms with E-state index in [1.807, 2.05) is 18.2 Å². The van der Waals surface area contributed by atoms with Crippen LogP contribution in [0.4, 0.5) is 10.2 Å². The van der Waals surface area contributed by atoms with E-state index < -0.39 is 5.82 Å². The largest absolute Gasteiger partial charge is 0.457 e. The second-order valence-electron chi connectivity index (χ2n) is 8.39. The first-order valence-corrected chi connectivity index (χ1v) is 11.1. The second-order valence-corrected chi connectivity index (χ2v) is 8.39. The van der Waals surface area contributed by atoms with Gasteiger partial charge in [-0.1, -0.05) is 25.1 Å². The molecular formula is C25H24FN6O2. The van der Waals surface area contributed by atoms with Gasteiger partial charge in [-0.2, -0.15) is 5.10 Å². The fourth-order valence-electron chi connectivity index (χ4n) is 4.48. The van der Waals surface area contributed by atoms with Crippen LogP contribution in [0.5, 0.6) is 11.5 Å². The molecule has 2 N–H and O–H groups in total. The first kappa shape index (κ1) is 21.8. The highest BCUT2D eigenvalue weighted by molar-refractivity contribution is 5.98. The van der Waals surface area contributed by atoms with Crippen LogP contribution in [0.25, 0.3) is 22.3 Å². The molecule has 34 heavy (non-hydrogen) atoms. The molecule has 8 nitrogen and oxygen atoms in total. The Bertz CT molecular complexity index is 1330. The average molecular weight is 460 g/mol. The Morgan fingerprint density at radius 1 is 1.18 bits per heavy atom. The van der Waals surface area contributed by atoms with Gasteiger partial charge in [-0.05, 0) is 43.0 Å². The standard InChI is InChI=1S/C25H24FN6O2/c1-2-16-10-17(31(12-16)15-33)13-32-25-22(24(27)28-14-29-25)23(30-32)20-9-8-19(11-21(20)26)34-18-6-4-3-5-7-18/h3-9,11,14-17H,1-2,10,12-13H2,(H2,27,28,29)/t16?,17-/m0/s1. The van der Waals surface area contributed by atoms with Gasteiger partial charge >= 0.3 is 0 Å². The summed E-state index contributed by atoms with van der Waals surface area (Å²) in [5, 5.41) is 5.15. The molecule has 1 fully saturated rings. The van der Waals surface area contributed by atoms with E-state index in [1.165, 1.54) is 12.4 Å². The SMILES string of the molecule is [CH2]CC1C[C@@H](Cn2nc(-c3ccc(Oc4ccccc4)cc3F)c3c(N)ncnc32)N(C=O)C1. The Kier molecular flexibility index (Phi) is 5.83. The van der Waals surface area contributed by atoms with E-state index in [2.05, 4.69) is 22.0 Å². The number of amides is 1. The monoisotopic (exact) mass is 459 g/mol. The van der Waals surface area contributed by atoms with Crippen LogP contribution in [0.15, 0.2) is 54.9 Å². The van der Waals surface area contributed by atoms with Gasteiger partial charge in [0.15, 0.2) is 5.65 Å². The predicted molar refractivity (Wildman–Crippen MR) is 126 cm³/mol. The zero-order chi connectivity index (χ0) is 23.7. The van der Waals surface area contributed by atoms with Gasteiger partial charge in [0.25, 0.3) is 0 Å². The Morgan fingerprint density at radius 2 is 2.00 bits per heavy atom. The van der Waals surface area contributed by atoms with E-state index in [0.717, 1.165) is 19.3 Å². The molecule has 1 aliphatic heterocycles. The minimum atomic E-state index is -0.504. The van der Waals surface area contributed by atoms with Crippen LogP contribution < -0.4 is 10.5 Å². The fourth-order valence-corrected chi connectivity index (χ4v) is 4.48. The molecule has 0 bridgehead atoms. The van der Waals surface area contributed by atoms with Gasteiger partial charge in [-0.15, -0.1) is 0 Å². The summed E-state index contributed by atoms with van der Waals surface area (Å²) in [5.41, 5.74) is 7.28.